The molecule has 1 aliphatic heterocycles. The maximum absolute atomic E-state index is 5.81. The maximum Gasteiger partial charge on any atom is 0.224 e. The summed E-state index contributed by atoms with van der Waals surface area (Å²) >= 11 is 0. The highest BCUT2D eigenvalue weighted by Gasteiger charge is 2.41. The lowest BCUT2D eigenvalue weighted by Gasteiger charge is -2.46. The number of hydrogen-bond acceptors (Lipinski definition) is 6. The second-order valence-electron chi connectivity index (χ2n) is 7.87. The molecule has 0 bridgehead atoms. The summed E-state index contributed by atoms with van der Waals surface area (Å²) in [7, 11) is 0. The highest BCUT2D eigenvalue weighted by atomic mass is 16.5. The van der Waals surface area contributed by atoms with E-state index in [2.05, 4.69) is 25.5 Å². The molecule has 4 aromatic rings. The molecule has 2 fully saturated rings. The summed E-state index contributed by atoms with van der Waals surface area (Å²) < 4.78 is 7.72. The summed E-state index contributed by atoms with van der Waals surface area (Å²) in [5.74, 6) is 0.686. The first-order valence-electron chi connectivity index (χ1n) is 9.82. The number of hydrogen-bond donors (Lipinski definition) is 2. The van der Waals surface area contributed by atoms with Crippen LogP contribution in [0, 0.1) is 0 Å². The Morgan fingerprint density at radius 3 is 2.93 bits per heavy atom. The van der Waals surface area contributed by atoms with Crippen molar-refractivity contribution in [3.63, 3.8) is 0 Å². The minimum absolute atomic E-state index is 0.184. The summed E-state index contributed by atoms with van der Waals surface area (Å²) in [5.41, 5.74) is 3.99. The molecule has 1 spiro atoms. The van der Waals surface area contributed by atoms with Gasteiger partial charge >= 0.3 is 0 Å². The van der Waals surface area contributed by atoms with Gasteiger partial charge < -0.3 is 15.0 Å². The van der Waals surface area contributed by atoms with Crippen LogP contribution in [0.3, 0.4) is 0 Å². The minimum Gasteiger partial charge on any atom is -0.375 e. The molecule has 5 heterocycles. The van der Waals surface area contributed by atoms with Gasteiger partial charge in [0.1, 0.15) is 12.0 Å². The third-order valence-electron chi connectivity index (χ3n) is 6.23. The number of nitrogens with zero attached hydrogens (tertiary/aromatic N) is 5. The Labute approximate surface area is 161 Å². The Morgan fingerprint density at radius 1 is 1.21 bits per heavy atom. The van der Waals surface area contributed by atoms with Crippen molar-refractivity contribution in [3.05, 3.63) is 37.1 Å². The number of rotatable bonds is 3. The van der Waals surface area contributed by atoms with E-state index in [1.54, 1.807) is 6.33 Å². The molecular formula is C20H21N7O. The fourth-order valence-electron chi connectivity index (χ4n) is 4.46. The number of H-pyrrole nitrogens is 1. The first-order valence-corrected chi connectivity index (χ1v) is 9.82. The largest absolute Gasteiger partial charge is 0.375 e. The van der Waals surface area contributed by atoms with Crippen LogP contribution in [0.4, 0.5) is 5.95 Å². The lowest BCUT2D eigenvalue weighted by atomic mass is 9.77. The van der Waals surface area contributed by atoms with Crippen LogP contribution in [0.5, 0.6) is 0 Å². The molecule has 142 valence electrons. The molecule has 0 unspecified atom stereocenters. The quantitative estimate of drug-likeness (QED) is 0.571. The lowest BCUT2D eigenvalue weighted by Crippen LogP contribution is -2.48. The van der Waals surface area contributed by atoms with Crippen LogP contribution in [-0.4, -0.2) is 47.8 Å². The van der Waals surface area contributed by atoms with Gasteiger partial charge in [0.2, 0.25) is 5.95 Å². The lowest BCUT2D eigenvalue weighted by molar-refractivity contribution is -0.165. The molecule has 28 heavy (non-hydrogen) atoms. The Balaban J connectivity index is 1.24. The standard InChI is InChI=1S/C20H21N7O/c1-2-17-26-23-12-27(17)11-13(1)15-9-21-18-16(15)10-22-19(25-18)24-14-3-5-20(6-4-14)7-8-28-20/h1-2,9-12,14H,3-8H2,(H2,21,22,24,25)/t14-,20-. The van der Waals surface area contributed by atoms with Crippen LogP contribution >= 0.6 is 0 Å². The summed E-state index contributed by atoms with van der Waals surface area (Å²) in [6.45, 7) is 0.928. The molecular weight excluding hydrogens is 354 g/mol. The SMILES string of the molecule is c1cc2nncn2cc1-c1c[nH]c2nc(N[C@H]3CC[C@@]4(CCO4)CC3)ncc12. The van der Waals surface area contributed by atoms with Gasteiger partial charge in [0.15, 0.2) is 5.65 Å². The van der Waals surface area contributed by atoms with Gasteiger partial charge in [0.25, 0.3) is 0 Å². The molecule has 2 aliphatic rings. The topological polar surface area (TPSA) is 93.0 Å². The van der Waals surface area contributed by atoms with Gasteiger partial charge in [-0.25, -0.2) is 4.98 Å². The molecule has 1 saturated heterocycles. The molecule has 0 radical (unpaired) electrons. The summed E-state index contributed by atoms with van der Waals surface area (Å²) in [5, 5.41) is 12.5. The third kappa shape index (κ3) is 2.56. The van der Waals surface area contributed by atoms with Gasteiger partial charge in [-0.05, 0) is 44.2 Å². The van der Waals surface area contributed by atoms with E-state index < -0.39 is 0 Å². The van der Waals surface area contributed by atoms with Crippen LogP contribution < -0.4 is 5.32 Å². The van der Waals surface area contributed by atoms with E-state index in [9.17, 15) is 0 Å². The van der Waals surface area contributed by atoms with E-state index in [-0.39, 0.29) is 5.60 Å². The van der Waals surface area contributed by atoms with Gasteiger partial charge in [0, 0.05) is 41.1 Å². The average molecular weight is 375 g/mol. The second kappa shape index (κ2) is 6.00. The average Bonchev–Trinajstić information content (AvgIpc) is 3.33. The molecule has 0 amide bonds. The van der Waals surface area contributed by atoms with Crippen molar-refractivity contribution in [2.45, 2.75) is 43.7 Å². The number of pyridine rings is 1. The summed E-state index contributed by atoms with van der Waals surface area (Å²) in [6, 6.07) is 4.41. The molecule has 1 saturated carbocycles. The number of aromatic nitrogens is 6. The van der Waals surface area contributed by atoms with Gasteiger partial charge in [0.05, 0.1) is 12.2 Å². The number of fused-ring (bicyclic) bond motifs is 2. The highest BCUT2D eigenvalue weighted by Crippen LogP contribution is 2.41. The predicted molar refractivity (Wildman–Crippen MR) is 105 cm³/mol. The van der Waals surface area contributed by atoms with E-state index in [4.69, 9.17) is 9.72 Å². The molecule has 8 nitrogen and oxygen atoms in total. The number of anilines is 1. The Bertz CT molecular complexity index is 1150. The fourth-order valence-corrected chi connectivity index (χ4v) is 4.46. The molecule has 6 rings (SSSR count). The molecule has 0 atom stereocenters. The minimum atomic E-state index is 0.184. The van der Waals surface area contributed by atoms with Gasteiger partial charge in [-0.15, -0.1) is 10.2 Å². The number of aromatic amines is 1. The Kier molecular flexibility index (Phi) is 3.43. The molecule has 2 N–H and O–H groups in total. The van der Waals surface area contributed by atoms with Crippen molar-refractivity contribution in [2.24, 2.45) is 0 Å². The third-order valence-corrected chi connectivity index (χ3v) is 6.23. The van der Waals surface area contributed by atoms with Crippen LogP contribution in [0.2, 0.25) is 0 Å². The number of nitrogens with one attached hydrogen (secondary N) is 2. The van der Waals surface area contributed by atoms with E-state index in [1.807, 2.05) is 35.1 Å². The zero-order chi connectivity index (χ0) is 18.6. The van der Waals surface area contributed by atoms with Crippen molar-refractivity contribution < 1.29 is 4.74 Å². The fraction of sp³-hybridized carbons (Fsp3) is 0.400. The van der Waals surface area contributed by atoms with Crippen molar-refractivity contribution in [2.75, 3.05) is 11.9 Å². The van der Waals surface area contributed by atoms with Crippen molar-refractivity contribution in [3.8, 4) is 11.1 Å². The van der Waals surface area contributed by atoms with E-state index in [1.165, 1.54) is 6.42 Å². The monoisotopic (exact) mass is 375 g/mol. The Hall–Kier alpha value is -3.00. The van der Waals surface area contributed by atoms with E-state index in [0.717, 1.165) is 60.1 Å². The van der Waals surface area contributed by atoms with Crippen molar-refractivity contribution in [1.29, 1.82) is 0 Å². The molecule has 4 aromatic heterocycles. The van der Waals surface area contributed by atoms with Gasteiger partial charge in [-0.1, -0.05) is 0 Å². The Morgan fingerprint density at radius 2 is 2.11 bits per heavy atom. The summed E-state index contributed by atoms with van der Waals surface area (Å²) in [6.07, 6.45) is 13.3. The molecule has 1 aliphatic carbocycles. The van der Waals surface area contributed by atoms with Crippen LogP contribution in [0.25, 0.3) is 27.8 Å². The maximum atomic E-state index is 5.81. The zero-order valence-corrected chi connectivity index (χ0v) is 15.4. The van der Waals surface area contributed by atoms with Crippen molar-refractivity contribution in [1.82, 2.24) is 29.5 Å². The first-order chi connectivity index (χ1) is 13.8. The van der Waals surface area contributed by atoms with Crippen LogP contribution in [0.15, 0.2) is 37.1 Å². The van der Waals surface area contributed by atoms with Crippen LogP contribution in [0.1, 0.15) is 32.1 Å². The van der Waals surface area contributed by atoms with Gasteiger partial charge in [-0.3, -0.25) is 4.40 Å². The summed E-state index contributed by atoms with van der Waals surface area (Å²) in [4.78, 5) is 12.6. The number of ether oxygens (including phenoxy) is 1. The van der Waals surface area contributed by atoms with E-state index >= 15 is 0 Å². The van der Waals surface area contributed by atoms with Crippen molar-refractivity contribution >= 4 is 22.6 Å². The van der Waals surface area contributed by atoms with Gasteiger partial charge in [-0.2, -0.15) is 4.98 Å². The van der Waals surface area contributed by atoms with E-state index in [0.29, 0.717) is 12.0 Å². The molecule has 0 aromatic carbocycles. The highest BCUT2D eigenvalue weighted by molar-refractivity contribution is 5.93. The second-order valence-corrected chi connectivity index (χ2v) is 7.87. The smallest absolute Gasteiger partial charge is 0.224 e. The molecule has 8 heteroatoms. The predicted octanol–water partition coefficient (Wildman–Crippen LogP) is 3.18. The first kappa shape index (κ1) is 16.0. The van der Waals surface area contributed by atoms with Crippen LogP contribution in [-0.2, 0) is 4.74 Å². The zero-order valence-electron chi connectivity index (χ0n) is 15.4. The normalized spacial score (nSPS) is 24.6.